The second-order valence-corrected chi connectivity index (χ2v) is 12.2. The number of halogens is 1. The Hall–Kier alpha value is -3.21. The topological polar surface area (TPSA) is 121 Å². The van der Waals surface area contributed by atoms with Gasteiger partial charge in [-0.25, -0.2) is 9.59 Å². The SMILES string of the molecule is CC(C)(C)OC(=O)NCC(=O)NC1C[C@H](C(=O)N2CCN(c3cccc(Cl)c3)CC2)N(C(=O)OC(C)(C)C)C1. The van der Waals surface area contributed by atoms with Crippen molar-refractivity contribution in [3.63, 3.8) is 0 Å². The van der Waals surface area contributed by atoms with Crippen LogP contribution in [-0.2, 0) is 19.1 Å². The molecule has 2 aliphatic rings. The highest BCUT2D eigenvalue weighted by atomic mass is 35.5. The van der Waals surface area contributed by atoms with E-state index in [0.717, 1.165) is 5.69 Å². The number of nitrogens with one attached hydrogen (secondary N) is 2. The highest BCUT2D eigenvalue weighted by Gasteiger charge is 2.44. The van der Waals surface area contributed by atoms with E-state index in [-0.39, 0.29) is 25.4 Å². The number of hydrogen-bond donors (Lipinski definition) is 2. The molecule has 1 aromatic carbocycles. The number of ether oxygens (including phenoxy) is 2. The summed E-state index contributed by atoms with van der Waals surface area (Å²) in [5, 5.41) is 5.89. The molecule has 0 saturated carbocycles. The number of alkyl carbamates (subject to hydrolysis) is 1. The molecule has 0 aliphatic carbocycles. The van der Waals surface area contributed by atoms with Gasteiger partial charge in [-0.3, -0.25) is 14.5 Å². The van der Waals surface area contributed by atoms with E-state index in [1.54, 1.807) is 46.4 Å². The van der Waals surface area contributed by atoms with Gasteiger partial charge in [0.15, 0.2) is 0 Å². The number of anilines is 1. The average molecular weight is 566 g/mol. The van der Waals surface area contributed by atoms with E-state index >= 15 is 0 Å². The predicted octanol–water partition coefficient (Wildman–Crippen LogP) is 3.01. The minimum Gasteiger partial charge on any atom is -0.444 e. The molecule has 0 spiro atoms. The number of rotatable bonds is 5. The molecule has 3 rings (SSSR count). The molecule has 0 aromatic heterocycles. The lowest BCUT2D eigenvalue weighted by atomic mass is 10.1. The molecule has 1 aromatic rings. The fourth-order valence-corrected chi connectivity index (χ4v) is 4.70. The Morgan fingerprint density at radius 3 is 2.21 bits per heavy atom. The second kappa shape index (κ2) is 12.3. The number of carbonyl (C=O) groups excluding carboxylic acids is 4. The van der Waals surface area contributed by atoms with E-state index in [9.17, 15) is 19.2 Å². The highest BCUT2D eigenvalue weighted by Crippen LogP contribution is 2.25. The monoisotopic (exact) mass is 565 g/mol. The van der Waals surface area contributed by atoms with Gasteiger partial charge in [-0.15, -0.1) is 0 Å². The smallest absolute Gasteiger partial charge is 0.411 e. The first kappa shape index (κ1) is 30.3. The molecule has 0 bridgehead atoms. The van der Waals surface area contributed by atoms with Crippen LogP contribution >= 0.6 is 11.6 Å². The molecule has 1 unspecified atom stereocenters. The molecule has 12 heteroatoms. The molecule has 216 valence electrons. The predicted molar refractivity (Wildman–Crippen MR) is 148 cm³/mol. The summed E-state index contributed by atoms with van der Waals surface area (Å²) in [5.41, 5.74) is -0.437. The van der Waals surface area contributed by atoms with Gasteiger partial charge in [0.25, 0.3) is 0 Å². The third-order valence-electron chi connectivity index (χ3n) is 6.14. The molecular formula is C27H40ClN5O6. The normalized spacial score (nSPS) is 19.9. The Bertz CT molecular complexity index is 1060. The number of nitrogens with zero attached hydrogens (tertiary/aromatic N) is 3. The van der Waals surface area contributed by atoms with Crippen LogP contribution in [0.3, 0.4) is 0 Å². The van der Waals surface area contributed by atoms with E-state index in [2.05, 4.69) is 15.5 Å². The molecule has 2 atom stereocenters. The van der Waals surface area contributed by atoms with Crippen LogP contribution in [0.1, 0.15) is 48.0 Å². The largest absolute Gasteiger partial charge is 0.444 e. The van der Waals surface area contributed by atoms with Gasteiger partial charge in [0, 0.05) is 49.5 Å². The molecule has 2 aliphatic heterocycles. The minimum absolute atomic E-state index is 0.117. The summed E-state index contributed by atoms with van der Waals surface area (Å²) >= 11 is 6.13. The molecular weight excluding hydrogens is 526 g/mol. The second-order valence-electron chi connectivity index (χ2n) is 11.8. The number of hydrogen-bond acceptors (Lipinski definition) is 7. The lowest BCUT2D eigenvalue weighted by Gasteiger charge is -2.38. The van der Waals surface area contributed by atoms with Crippen molar-refractivity contribution in [2.75, 3.05) is 44.2 Å². The van der Waals surface area contributed by atoms with E-state index in [1.807, 2.05) is 24.3 Å². The van der Waals surface area contributed by atoms with Crippen molar-refractivity contribution in [1.82, 2.24) is 20.4 Å². The molecule has 2 heterocycles. The minimum atomic E-state index is -0.776. The van der Waals surface area contributed by atoms with Crippen LogP contribution < -0.4 is 15.5 Å². The van der Waals surface area contributed by atoms with Gasteiger partial charge in [-0.05, 0) is 66.2 Å². The molecule has 39 heavy (non-hydrogen) atoms. The third-order valence-corrected chi connectivity index (χ3v) is 6.37. The van der Waals surface area contributed by atoms with Gasteiger partial charge in [0.1, 0.15) is 23.8 Å². The quantitative estimate of drug-likeness (QED) is 0.563. The van der Waals surface area contributed by atoms with E-state index in [1.165, 1.54) is 4.90 Å². The molecule has 4 amide bonds. The van der Waals surface area contributed by atoms with E-state index < -0.39 is 41.4 Å². The maximum Gasteiger partial charge on any atom is 0.411 e. The van der Waals surface area contributed by atoms with Crippen molar-refractivity contribution in [2.24, 2.45) is 0 Å². The highest BCUT2D eigenvalue weighted by molar-refractivity contribution is 6.30. The number of carbonyl (C=O) groups is 4. The Balaban J connectivity index is 1.62. The fraction of sp³-hybridized carbons (Fsp3) is 0.630. The van der Waals surface area contributed by atoms with Crippen molar-refractivity contribution in [2.45, 2.75) is 71.2 Å². The number of piperazine rings is 1. The van der Waals surface area contributed by atoms with Crippen molar-refractivity contribution in [3.8, 4) is 0 Å². The average Bonchev–Trinajstić information content (AvgIpc) is 3.24. The summed E-state index contributed by atoms with van der Waals surface area (Å²) in [5.74, 6) is -0.631. The first-order valence-electron chi connectivity index (χ1n) is 13.2. The van der Waals surface area contributed by atoms with Crippen molar-refractivity contribution < 1.29 is 28.7 Å². The summed E-state index contributed by atoms with van der Waals surface area (Å²) in [7, 11) is 0. The Morgan fingerprint density at radius 1 is 0.974 bits per heavy atom. The summed E-state index contributed by atoms with van der Waals surface area (Å²) in [6.45, 7) is 12.5. The lowest BCUT2D eigenvalue weighted by Crippen LogP contribution is -2.54. The van der Waals surface area contributed by atoms with Gasteiger partial charge < -0.3 is 29.9 Å². The number of likely N-dealkylation sites (tertiary alicyclic amines) is 1. The Labute approximate surface area is 235 Å². The van der Waals surface area contributed by atoms with Gasteiger partial charge in [0.05, 0.1) is 0 Å². The summed E-state index contributed by atoms with van der Waals surface area (Å²) in [4.78, 5) is 56.3. The zero-order chi connectivity index (χ0) is 29.0. The molecule has 2 fully saturated rings. The van der Waals surface area contributed by atoms with Gasteiger partial charge >= 0.3 is 12.2 Å². The first-order valence-corrected chi connectivity index (χ1v) is 13.5. The van der Waals surface area contributed by atoms with Crippen LogP contribution in [0.5, 0.6) is 0 Å². The van der Waals surface area contributed by atoms with Crippen molar-refractivity contribution in [1.29, 1.82) is 0 Å². The van der Waals surface area contributed by atoms with Crippen molar-refractivity contribution >= 4 is 41.3 Å². The van der Waals surface area contributed by atoms with Gasteiger partial charge in [-0.1, -0.05) is 17.7 Å². The van der Waals surface area contributed by atoms with Gasteiger partial charge in [0.2, 0.25) is 11.8 Å². The van der Waals surface area contributed by atoms with E-state index in [0.29, 0.717) is 31.2 Å². The Morgan fingerprint density at radius 2 is 1.62 bits per heavy atom. The summed E-state index contributed by atoms with van der Waals surface area (Å²) in [6.07, 6.45) is -1.07. The molecule has 2 saturated heterocycles. The van der Waals surface area contributed by atoms with Crippen LogP contribution in [0.4, 0.5) is 15.3 Å². The Kier molecular flexibility index (Phi) is 9.58. The van der Waals surface area contributed by atoms with Crippen LogP contribution in [-0.4, -0.2) is 96.4 Å². The maximum atomic E-state index is 13.6. The zero-order valence-corrected chi connectivity index (χ0v) is 24.3. The zero-order valence-electron chi connectivity index (χ0n) is 23.6. The number of amides is 4. The molecule has 11 nitrogen and oxygen atoms in total. The first-order chi connectivity index (χ1) is 18.1. The number of benzene rings is 1. The fourth-order valence-electron chi connectivity index (χ4n) is 4.51. The molecule has 2 N–H and O–H groups in total. The van der Waals surface area contributed by atoms with E-state index in [4.69, 9.17) is 21.1 Å². The van der Waals surface area contributed by atoms with Crippen LogP contribution in [0.2, 0.25) is 5.02 Å². The summed E-state index contributed by atoms with van der Waals surface area (Å²) < 4.78 is 10.7. The standard InChI is InChI=1S/C27H40ClN5O6/c1-26(2,3)38-24(36)29-16-22(34)30-19-15-21(33(17-19)25(37)39-27(4,5)6)23(35)32-12-10-31(11-13-32)20-9-7-8-18(28)14-20/h7-9,14,19,21H,10-13,15-17H2,1-6H3,(H,29,36)(H,30,34)/t19?,21-/m1/s1. The lowest BCUT2D eigenvalue weighted by molar-refractivity contribution is -0.136. The van der Waals surface area contributed by atoms with Crippen LogP contribution in [0.25, 0.3) is 0 Å². The van der Waals surface area contributed by atoms with Crippen molar-refractivity contribution in [3.05, 3.63) is 29.3 Å². The van der Waals surface area contributed by atoms with Crippen LogP contribution in [0.15, 0.2) is 24.3 Å². The van der Waals surface area contributed by atoms with Gasteiger partial charge in [-0.2, -0.15) is 0 Å². The van der Waals surface area contributed by atoms with Crippen LogP contribution in [0, 0.1) is 0 Å². The third kappa shape index (κ3) is 9.19. The molecule has 0 radical (unpaired) electrons. The summed E-state index contributed by atoms with van der Waals surface area (Å²) in [6, 6.07) is 6.33. The maximum absolute atomic E-state index is 13.6.